The van der Waals surface area contributed by atoms with Crippen molar-refractivity contribution < 1.29 is 89.4 Å². The molecule has 0 aromatic heterocycles. The average molecular weight is 647 g/mol. The second-order valence-electron chi connectivity index (χ2n) is 8.22. The van der Waals surface area contributed by atoms with Crippen LogP contribution in [0.5, 0.6) is 0 Å². The van der Waals surface area contributed by atoms with Crippen LogP contribution < -0.4 is 0 Å². The monoisotopic (exact) mass is 648 g/mol. The molecule has 1 aliphatic heterocycles. The zero-order chi connectivity index (χ0) is 26.8. The Morgan fingerprint density at radius 1 is 0.806 bits per heavy atom. The molecular weight excluding hydrogens is 620 g/mol. The molecule has 5 N–H and O–H groups in total. The molecule has 17 heteroatoms. The third-order valence-electron chi connectivity index (χ3n) is 5.28. The molecule has 0 bridgehead atoms. The average Bonchev–Trinajstić information content (AvgIpc) is 3.30. The fraction of sp³-hybridized carbons (Fsp3) is 0.632. The first kappa shape index (κ1) is 34.5. The van der Waals surface area contributed by atoms with Crippen LogP contribution in [-0.2, 0) is 24.0 Å². The van der Waals surface area contributed by atoms with E-state index >= 15 is 0 Å². The van der Waals surface area contributed by atoms with Crippen LogP contribution in [0.2, 0.25) is 10.9 Å². The van der Waals surface area contributed by atoms with E-state index in [0.29, 0.717) is 0 Å². The van der Waals surface area contributed by atoms with Gasteiger partial charge in [0.1, 0.15) is 13.3 Å². The third kappa shape index (κ3) is 13.7. The summed E-state index contributed by atoms with van der Waals surface area (Å²) in [6.45, 7) is -2.63. The van der Waals surface area contributed by atoms with Crippen LogP contribution >= 0.6 is 0 Å². The van der Waals surface area contributed by atoms with E-state index in [9.17, 15) is 39.3 Å². The van der Waals surface area contributed by atoms with Gasteiger partial charge in [0.15, 0.2) is 0 Å². The van der Waals surface area contributed by atoms with Gasteiger partial charge in [-0.05, 0) is 6.42 Å². The van der Waals surface area contributed by atoms with Crippen molar-refractivity contribution in [2.45, 2.75) is 23.4 Å². The van der Waals surface area contributed by atoms with E-state index in [-0.39, 0.29) is 78.3 Å². The number of carbonyl (C=O) groups is 5. The standard InChI is InChI=1S/C19H27B3N3O10.Gd/c20-18-19(21,22-18)3-1-2-12(17(34)35)25(11-16(32)33)7-6-23(8-13(26)27)4-5-24(9-14(28)29)10-15(30)31;/h1,3,12,18H,2,4-11H2,(H,26,27)(H,28,29)(H,30,31)(H,32,33)(H,34,35);/q;+3/b3-1+;. The molecule has 0 aliphatic carbocycles. The number of nitrogens with zero attached hydrogens (tertiary/aromatic N) is 3. The molecule has 0 aromatic carbocycles. The third-order valence-corrected chi connectivity index (χ3v) is 5.28. The molecule has 1 heterocycles. The fourth-order valence-corrected chi connectivity index (χ4v) is 3.37. The number of hydrogen-bond donors (Lipinski definition) is 5. The SMILES string of the molecule is [B]C1[B]C1([B])/C=C/CC(C(=O)O)N(CCN(CCN(CC(=O)O)CC(=O)O)CC(=O)O)CC(=O)O.[Gd+3]. The van der Waals surface area contributed by atoms with E-state index in [1.807, 2.05) is 0 Å². The van der Waals surface area contributed by atoms with Crippen LogP contribution in [0.1, 0.15) is 6.42 Å². The van der Waals surface area contributed by atoms with Crippen molar-refractivity contribution >= 4 is 52.8 Å². The maximum atomic E-state index is 11.8. The summed E-state index contributed by atoms with van der Waals surface area (Å²) < 4.78 is 0. The van der Waals surface area contributed by atoms with Crippen LogP contribution in [0.3, 0.4) is 0 Å². The molecule has 0 spiro atoms. The molecule has 13 nitrogen and oxygen atoms in total. The summed E-state index contributed by atoms with van der Waals surface area (Å²) in [6.07, 6.45) is 2.97. The first-order chi connectivity index (χ1) is 16.2. The van der Waals surface area contributed by atoms with Crippen molar-refractivity contribution in [3.05, 3.63) is 12.2 Å². The minimum absolute atomic E-state index is 0. The predicted molar refractivity (Wildman–Crippen MR) is 124 cm³/mol. The summed E-state index contributed by atoms with van der Waals surface area (Å²) in [5, 5.41) is 45.1. The summed E-state index contributed by atoms with van der Waals surface area (Å²) in [5.41, 5.74) is -0.358. The molecule has 6 radical (unpaired) electrons. The largest absolute Gasteiger partial charge is 3.00 e. The molecule has 3 unspecified atom stereocenters. The molecule has 192 valence electrons. The summed E-state index contributed by atoms with van der Waals surface area (Å²) in [7, 11) is 13.2. The Morgan fingerprint density at radius 2 is 1.22 bits per heavy atom. The van der Waals surface area contributed by atoms with Crippen LogP contribution in [0.25, 0.3) is 0 Å². The van der Waals surface area contributed by atoms with Crippen molar-refractivity contribution in [1.82, 2.24) is 14.7 Å². The van der Waals surface area contributed by atoms with E-state index in [1.54, 1.807) is 13.4 Å². The van der Waals surface area contributed by atoms with Gasteiger partial charge in [-0.3, -0.25) is 38.7 Å². The zero-order valence-electron chi connectivity index (χ0n) is 19.4. The van der Waals surface area contributed by atoms with Gasteiger partial charge < -0.3 is 25.5 Å². The number of carboxylic acid groups (broad SMARTS) is 5. The Hall–Kier alpha value is -1.51. The van der Waals surface area contributed by atoms with Crippen molar-refractivity contribution in [3.63, 3.8) is 0 Å². The molecule has 0 saturated carbocycles. The Labute approximate surface area is 243 Å². The van der Waals surface area contributed by atoms with Gasteiger partial charge in [-0.15, -0.1) is 5.72 Å². The van der Waals surface area contributed by atoms with Crippen molar-refractivity contribution in [2.75, 3.05) is 52.4 Å². The second-order valence-corrected chi connectivity index (χ2v) is 8.22. The smallest absolute Gasteiger partial charge is 0.480 e. The molecule has 0 amide bonds. The van der Waals surface area contributed by atoms with Crippen LogP contribution in [0.4, 0.5) is 0 Å². The molecule has 36 heavy (non-hydrogen) atoms. The van der Waals surface area contributed by atoms with Crippen molar-refractivity contribution in [2.24, 2.45) is 0 Å². The number of rotatable bonds is 19. The Bertz CT molecular complexity index is 821. The van der Waals surface area contributed by atoms with Gasteiger partial charge in [-0.1, -0.05) is 17.4 Å². The molecular formula is C19H27B3GdN3O10+3. The van der Waals surface area contributed by atoms with Crippen molar-refractivity contribution in [1.29, 1.82) is 0 Å². The quantitative estimate of drug-likeness (QED) is 0.0733. The second kappa shape index (κ2) is 16.4. The first-order valence-electron chi connectivity index (χ1n) is 10.6. The van der Waals surface area contributed by atoms with Gasteiger partial charge >= 0.3 is 69.8 Å². The first-order valence-corrected chi connectivity index (χ1v) is 10.6. The Morgan fingerprint density at radius 3 is 1.64 bits per heavy atom. The summed E-state index contributed by atoms with van der Waals surface area (Å²) in [5.74, 6) is -6.31. The summed E-state index contributed by atoms with van der Waals surface area (Å²) in [4.78, 5) is 60.0. The summed E-state index contributed by atoms with van der Waals surface area (Å²) in [6, 6.07) is -1.25. The maximum absolute atomic E-state index is 11.8. The van der Waals surface area contributed by atoms with Gasteiger partial charge in [0.25, 0.3) is 0 Å². The summed E-state index contributed by atoms with van der Waals surface area (Å²) >= 11 is 0. The molecule has 1 rings (SSSR count). The van der Waals surface area contributed by atoms with E-state index in [2.05, 4.69) is 0 Å². The number of allylic oxidation sites excluding steroid dienone is 1. The molecule has 1 fully saturated rings. The number of hydrogen-bond acceptors (Lipinski definition) is 8. The minimum Gasteiger partial charge on any atom is -0.480 e. The van der Waals surface area contributed by atoms with Gasteiger partial charge in [-0.2, -0.15) is 0 Å². The van der Waals surface area contributed by atoms with Gasteiger partial charge in [0.2, 0.25) is 0 Å². The van der Waals surface area contributed by atoms with Gasteiger partial charge in [-0.25, -0.2) is 0 Å². The van der Waals surface area contributed by atoms with Gasteiger partial charge in [0.05, 0.1) is 41.9 Å². The van der Waals surface area contributed by atoms with E-state index < -0.39 is 67.3 Å². The van der Waals surface area contributed by atoms with E-state index in [4.69, 9.17) is 25.9 Å². The topological polar surface area (TPSA) is 196 Å². The Kier molecular flexibility index (Phi) is 15.7. The van der Waals surface area contributed by atoms with Crippen LogP contribution in [-0.4, -0.2) is 151 Å². The molecule has 0 aromatic rings. The van der Waals surface area contributed by atoms with Crippen LogP contribution in [0.15, 0.2) is 12.2 Å². The molecule has 1 saturated heterocycles. The number of aliphatic carboxylic acids is 5. The minimum atomic E-state index is -1.29. The maximum Gasteiger partial charge on any atom is 3.00 e. The molecule has 1 aliphatic rings. The Balaban J connectivity index is 0.0000122. The van der Waals surface area contributed by atoms with Crippen molar-refractivity contribution in [3.8, 4) is 0 Å². The number of carboxylic acids is 5. The zero-order valence-corrected chi connectivity index (χ0v) is 21.6. The van der Waals surface area contributed by atoms with Gasteiger partial charge in [0, 0.05) is 26.2 Å². The fourth-order valence-electron chi connectivity index (χ4n) is 3.37. The molecule has 3 atom stereocenters. The normalized spacial score (nSPS) is 19.6. The van der Waals surface area contributed by atoms with Crippen LogP contribution in [0, 0.1) is 39.9 Å². The van der Waals surface area contributed by atoms with E-state index in [1.165, 1.54) is 11.0 Å². The van der Waals surface area contributed by atoms with E-state index in [0.717, 1.165) is 9.80 Å². The predicted octanol–water partition coefficient (Wildman–Crippen LogP) is -2.45.